The first-order chi connectivity index (χ1) is 17.3. The molecule has 2 aromatic heterocycles. The van der Waals surface area contributed by atoms with Gasteiger partial charge in [-0.3, -0.25) is 4.79 Å². The number of aromatic nitrogens is 2. The van der Waals surface area contributed by atoms with Crippen molar-refractivity contribution in [2.75, 3.05) is 5.32 Å². The lowest BCUT2D eigenvalue weighted by molar-refractivity contribution is -0.192. The van der Waals surface area contributed by atoms with Crippen molar-refractivity contribution in [1.82, 2.24) is 9.55 Å². The summed E-state index contributed by atoms with van der Waals surface area (Å²) in [6.45, 7) is 2.73. The molecule has 13 heteroatoms. The van der Waals surface area contributed by atoms with Crippen LogP contribution in [0.3, 0.4) is 0 Å². The van der Waals surface area contributed by atoms with E-state index in [0.29, 0.717) is 36.0 Å². The highest BCUT2D eigenvalue weighted by Gasteiger charge is 2.38. The molecule has 0 radical (unpaired) electrons. The Kier molecular flexibility index (Phi) is 10.5. The zero-order valence-electron chi connectivity index (χ0n) is 19.4. The summed E-state index contributed by atoms with van der Waals surface area (Å²) >= 11 is 12.5. The van der Waals surface area contributed by atoms with Crippen molar-refractivity contribution in [2.45, 2.75) is 39.0 Å². The summed E-state index contributed by atoms with van der Waals surface area (Å²) in [4.78, 5) is 36.9. The van der Waals surface area contributed by atoms with Crippen LogP contribution in [0.5, 0.6) is 0 Å². The van der Waals surface area contributed by atoms with Gasteiger partial charge in [0.15, 0.2) is 0 Å². The van der Waals surface area contributed by atoms with Gasteiger partial charge in [-0.25, -0.2) is 14.6 Å². The summed E-state index contributed by atoms with van der Waals surface area (Å²) in [5, 5.41) is 19.8. The molecule has 0 aliphatic carbocycles. The van der Waals surface area contributed by atoms with Gasteiger partial charge in [-0.05, 0) is 54.3 Å². The van der Waals surface area contributed by atoms with Crippen LogP contribution in [0.15, 0.2) is 53.5 Å². The lowest BCUT2D eigenvalue weighted by Gasteiger charge is -2.16. The summed E-state index contributed by atoms with van der Waals surface area (Å²) in [7, 11) is 0. The van der Waals surface area contributed by atoms with Crippen LogP contribution in [0, 0.1) is 0 Å². The molecule has 0 unspecified atom stereocenters. The molecule has 8 nitrogen and oxygen atoms in total. The number of nitrogens with zero attached hydrogens (tertiary/aromatic N) is 2. The molecule has 0 atom stereocenters. The molecular weight excluding hydrogens is 538 g/mol. The number of alkyl halides is 3. The fraction of sp³-hybridized carbons (Fsp3) is 0.250. The van der Waals surface area contributed by atoms with Gasteiger partial charge in [0, 0.05) is 12.7 Å². The normalized spacial score (nSPS) is 10.9. The molecule has 1 aromatic carbocycles. The maximum absolute atomic E-state index is 12.7. The van der Waals surface area contributed by atoms with E-state index in [9.17, 15) is 22.8 Å². The lowest BCUT2D eigenvalue weighted by atomic mass is 10.1. The highest BCUT2D eigenvalue weighted by atomic mass is 35.5. The maximum Gasteiger partial charge on any atom is 0.490 e. The lowest BCUT2D eigenvalue weighted by Crippen LogP contribution is -2.26. The van der Waals surface area contributed by atoms with Gasteiger partial charge in [-0.1, -0.05) is 42.3 Å². The Hall–Kier alpha value is -3.57. The number of carboxylic acids is 2. The van der Waals surface area contributed by atoms with E-state index in [0.717, 1.165) is 17.5 Å². The average Bonchev–Trinajstić information content (AvgIpc) is 2.85. The van der Waals surface area contributed by atoms with Crippen LogP contribution in [-0.4, -0.2) is 37.9 Å². The zero-order valence-corrected chi connectivity index (χ0v) is 20.9. The Balaban J connectivity index is 0.000000604. The number of benzene rings is 1. The van der Waals surface area contributed by atoms with Crippen molar-refractivity contribution < 1.29 is 33.0 Å². The second kappa shape index (κ2) is 13.1. The zero-order chi connectivity index (χ0) is 27.8. The summed E-state index contributed by atoms with van der Waals surface area (Å²) in [5.41, 5.74) is 2.55. The Morgan fingerprint density at radius 2 is 1.65 bits per heavy atom. The third-order valence-corrected chi connectivity index (χ3v) is 5.64. The average molecular weight is 560 g/mol. The van der Waals surface area contributed by atoms with Gasteiger partial charge in [-0.2, -0.15) is 13.2 Å². The van der Waals surface area contributed by atoms with Crippen molar-refractivity contribution in [3.05, 3.63) is 91.4 Å². The fourth-order valence-corrected chi connectivity index (χ4v) is 3.62. The second-order valence-electron chi connectivity index (χ2n) is 7.56. The number of carbonyl (C=O) groups is 2. The SMILES string of the molecule is CCc1ccnc(NCc2c(Cl)cc(Cl)c(=O)n2CCc2ccc(C(=O)O)cc2)c1.O=C(O)C(F)(F)F. The van der Waals surface area contributed by atoms with Crippen molar-refractivity contribution >= 4 is 41.0 Å². The second-order valence-corrected chi connectivity index (χ2v) is 8.37. The Morgan fingerprint density at radius 1 is 1.03 bits per heavy atom. The Morgan fingerprint density at radius 3 is 2.19 bits per heavy atom. The smallest absolute Gasteiger partial charge is 0.478 e. The van der Waals surface area contributed by atoms with Gasteiger partial charge in [0.1, 0.15) is 10.8 Å². The van der Waals surface area contributed by atoms with E-state index in [-0.39, 0.29) is 16.1 Å². The predicted octanol–water partition coefficient (Wildman–Crippen LogP) is 5.30. The molecule has 3 aromatic rings. The molecule has 0 aliphatic rings. The van der Waals surface area contributed by atoms with Gasteiger partial charge < -0.3 is 20.1 Å². The van der Waals surface area contributed by atoms with Crippen LogP contribution >= 0.6 is 23.2 Å². The van der Waals surface area contributed by atoms with Gasteiger partial charge in [-0.15, -0.1) is 0 Å². The highest BCUT2D eigenvalue weighted by molar-refractivity contribution is 6.34. The predicted molar refractivity (Wildman–Crippen MR) is 132 cm³/mol. The van der Waals surface area contributed by atoms with Gasteiger partial charge in [0.25, 0.3) is 5.56 Å². The number of aryl methyl sites for hydroxylation is 2. The van der Waals surface area contributed by atoms with Crippen LogP contribution in [0.4, 0.5) is 19.0 Å². The molecule has 3 N–H and O–H groups in total. The summed E-state index contributed by atoms with van der Waals surface area (Å²) < 4.78 is 33.3. The molecule has 0 bridgehead atoms. The molecule has 0 saturated carbocycles. The quantitative estimate of drug-likeness (QED) is 0.342. The highest BCUT2D eigenvalue weighted by Crippen LogP contribution is 2.20. The number of pyridine rings is 2. The number of rotatable bonds is 8. The standard InChI is InChI=1S/C22H21Cl2N3O3.C2HF3O2/c1-2-14-7-9-25-20(11-14)26-13-19-17(23)12-18(24)21(28)27(19)10-8-15-3-5-16(6-4-15)22(29)30;3-2(4,5)1(6)7/h3-7,9,11-12H,2,8,10,13H2,1H3,(H,25,26)(H,29,30);(H,6,7). The molecule has 0 saturated heterocycles. The van der Waals surface area contributed by atoms with Gasteiger partial charge in [0.05, 0.1) is 22.8 Å². The van der Waals surface area contributed by atoms with E-state index < -0.39 is 18.1 Å². The van der Waals surface area contributed by atoms with Crippen LogP contribution in [-0.2, 0) is 30.7 Å². The third kappa shape index (κ3) is 8.80. The number of aliphatic carboxylic acids is 1. The van der Waals surface area contributed by atoms with Crippen molar-refractivity contribution in [2.24, 2.45) is 0 Å². The van der Waals surface area contributed by atoms with E-state index in [1.54, 1.807) is 35.0 Å². The van der Waals surface area contributed by atoms with Crippen molar-refractivity contribution in [1.29, 1.82) is 0 Å². The van der Waals surface area contributed by atoms with Crippen LogP contribution < -0.4 is 10.9 Å². The molecule has 0 spiro atoms. The first kappa shape index (κ1) is 29.7. The summed E-state index contributed by atoms with van der Waals surface area (Å²) in [6, 6.07) is 11.9. The van der Waals surface area contributed by atoms with Crippen LogP contribution in [0.2, 0.25) is 10.0 Å². The Labute approximate surface area is 219 Å². The van der Waals surface area contributed by atoms with Crippen molar-refractivity contribution in [3.63, 3.8) is 0 Å². The summed E-state index contributed by atoms with van der Waals surface area (Å²) in [5.74, 6) is -3.04. The number of anilines is 1. The van der Waals surface area contributed by atoms with Gasteiger partial charge in [0.2, 0.25) is 0 Å². The van der Waals surface area contributed by atoms with E-state index in [1.165, 1.54) is 6.07 Å². The molecule has 3 rings (SSSR count). The third-order valence-electron chi connectivity index (χ3n) is 5.04. The minimum Gasteiger partial charge on any atom is -0.478 e. The van der Waals surface area contributed by atoms with E-state index >= 15 is 0 Å². The maximum atomic E-state index is 12.7. The number of halogens is 5. The van der Waals surface area contributed by atoms with Crippen molar-refractivity contribution in [3.8, 4) is 0 Å². The number of nitrogens with one attached hydrogen (secondary N) is 1. The molecule has 37 heavy (non-hydrogen) atoms. The molecule has 0 amide bonds. The topological polar surface area (TPSA) is 122 Å². The summed E-state index contributed by atoms with van der Waals surface area (Å²) in [6.07, 6.45) is -1.93. The number of carboxylic acid groups (broad SMARTS) is 2. The van der Waals surface area contributed by atoms with E-state index in [4.69, 9.17) is 38.2 Å². The van der Waals surface area contributed by atoms with Crippen LogP contribution in [0.1, 0.15) is 34.1 Å². The number of aromatic carboxylic acids is 1. The molecular formula is C24H22Cl2F3N3O5. The van der Waals surface area contributed by atoms with Crippen LogP contribution in [0.25, 0.3) is 0 Å². The molecule has 0 aliphatic heterocycles. The minimum absolute atomic E-state index is 0.0519. The number of hydrogen-bond donors (Lipinski definition) is 3. The Bertz CT molecular complexity index is 1310. The van der Waals surface area contributed by atoms with Gasteiger partial charge >= 0.3 is 18.1 Å². The van der Waals surface area contributed by atoms with E-state index in [1.807, 2.05) is 12.1 Å². The first-order valence-electron chi connectivity index (χ1n) is 10.7. The molecule has 2 heterocycles. The molecule has 0 fully saturated rings. The molecule has 198 valence electrons. The largest absolute Gasteiger partial charge is 0.490 e. The van der Waals surface area contributed by atoms with E-state index in [2.05, 4.69) is 17.2 Å². The fourth-order valence-electron chi connectivity index (χ4n) is 3.07. The first-order valence-corrected chi connectivity index (χ1v) is 11.5. The minimum atomic E-state index is -5.08. The number of hydrogen-bond acceptors (Lipinski definition) is 5. The monoisotopic (exact) mass is 559 g/mol.